The molecule has 0 radical (unpaired) electrons. The second-order valence-corrected chi connectivity index (χ2v) is 20.9. The molecule has 0 aliphatic heterocycles. The maximum absolute atomic E-state index is 15.1. The maximum atomic E-state index is 15.1. The molecule has 6 N–H and O–H groups in total. The molecular formula is C41H58I6N2O5. The van der Waals surface area contributed by atoms with E-state index in [0.29, 0.717) is 37.1 Å². The minimum absolute atomic E-state index is 0.158. The van der Waals surface area contributed by atoms with Crippen molar-refractivity contribution >= 4 is 159 Å². The predicted molar refractivity (Wildman–Crippen MR) is 275 cm³/mol. The number of hydrogen-bond acceptors (Lipinski definition) is 7. The summed E-state index contributed by atoms with van der Waals surface area (Å²) in [6.45, 7) is 3.78. The lowest BCUT2D eigenvalue weighted by Crippen LogP contribution is -2.50. The standard InChI is InChI=1S/C41H58I6N2O5/c1-3-5-7-8-9-10-11-12-13-14-15-16-17-18-20-22-33(52)41(25-27(51)26-50,40(53)54-39-32(45)24-31(44)38(49)36(39)47)28(21-19-6-4-2)34-29(42)23-30(43)37(48)35(34)46/h12-13,23-24,27-28,50-51H,3-11,14-22,25-26,48-49H2,1-2H3. The van der Waals surface area contributed by atoms with Crippen molar-refractivity contribution in [1.82, 2.24) is 0 Å². The summed E-state index contributed by atoms with van der Waals surface area (Å²) in [7, 11) is 0. The van der Waals surface area contributed by atoms with Gasteiger partial charge >= 0.3 is 5.97 Å². The lowest BCUT2D eigenvalue weighted by Gasteiger charge is -2.40. The number of rotatable bonds is 27. The number of benzene rings is 2. The molecular weight excluding hydrogens is 1360 g/mol. The zero-order chi connectivity index (χ0) is 40.3. The van der Waals surface area contributed by atoms with Gasteiger partial charge in [-0.2, -0.15) is 0 Å². The van der Waals surface area contributed by atoms with Gasteiger partial charge in [0.2, 0.25) is 0 Å². The van der Waals surface area contributed by atoms with Crippen molar-refractivity contribution in [2.75, 3.05) is 18.1 Å². The molecule has 3 atom stereocenters. The van der Waals surface area contributed by atoms with E-state index in [2.05, 4.69) is 162 Å². The number of nitrogens with two attached hydrogens (primary N) is 2. The number of carbonyl (C=O) groups is 2. The number of Topliss-reactive ketones (excluding diaryl/α,β-unsaturated/α-hetero) is 1. The molecule has 0 amide bonds. The molecule has 3 unspecified atom stereocenters. The van der Waals surface area contributed by atoms with E-state index in [1.807, 2.05) is 12.1 Å². The van der Waals surface area contributed by atoms with E-state index in [-0.39, 0.29) is 18.6 Å². The van der Waals surface area contributed by atoms with E-state index in [4.69, 9.17) is 16.2 Å². The Morgan fingerprint density at radius 3 is 1.80 bits per heavy atom. The number of aliphatic hydroxyl groups is 2. The number of allylic oxidation sites excluding steroid dienone is 2. The molecule has 0 fully saturated rings. The molecule has 0 bridgehead atoms. The first-order valence-corrected chi connectivity index (χ1v) is 25.8. The van der Waals surface area contributed by atoms with Crippen LogP contribution in [0.5, 0.6) is 5.75 Å². The van der Waals surface area contributed by atoms with E-state index in [0.717, 1.165) is 77.6 Å². The SMILES string of the molecule is CCCCCCCCC=CCCCCCCCC(=O)C(CC(O)CO)(C(=O)Oc1c(I)cc(I)c(N)c1I)C(CCCCC)c1c(I)cc(I)c(N)c1I. The number of hydrogen-bond donors (Lipinski definition) is 4. The monoisotopic (exact) mass is 1420 g/mol. The fraction of sp³-hybridized carbons (Fsp3) is 0.610. The molecule has 0 aliphatic carbocycles. The number of nitrogen functional groups attached to an aromatic ring is 2. The molecule has 0 heterocycles. The number of ketones is 1. The lowest BCUT2D eigenvalue weighted by molar-refractivity contribution is -0.158. The summed E-state index contributed by atoms with van der Waals surface area (Å²) in [5.74, 6) is -1.35. The molecule has 2 aromatic carbocycles. The van der Waals surface area contributed by atoms with Gasteiger partial charge in [-0.15, -0.1) is 0 Å². The molecule has 0 saturated carbocycles. The molecule has 304 valence electrons. The Morgan fingerprint density at radius 1 is 0.722 bits per heavy atom. The van der Waals surface area contributed by atoms with Crippen LogP contribution in [0.4, 0.5) is 11.4 Å². The smallest absolute Gasteiger partial charge is 0.325 e. The predicted octanol–water partition coefficient (Wildman–Crippen LogP) is 13.1. The van der Waals surface area contributed by atoms with E-state index in [9.17, 15) is 10.2 Å². The molecule has 13 heteroatoms. The van der Waals surface area contributed by atoms with Crippen molar-refractivity contribution < 1.29 is 24.5 Å². The molecule has 0 aromatic heterocycles. The summed E-state index contributed by atoms with van der Waals surface area (Å²) in [6.07, 6.45) is 21.1. The van der Waals surface area contributed by atoms with Crippen LogP contribution in [0, 0.1) is 26.8 Å². The first-order valence-electron chi connectivity index (χ1n) is 19.3. The van der Waals surface area contributed by atoms with Crippen LogP contribution in [0.1, 0.15) is 147 Å². The number of unbranched alkanes of at least 4 members (excludes halogenated alkanes) is 13. The Morgan fingerprint density at radius 2 is 1.22 bits per heavy atom. The summed E-state index contributed by atoms with van der Waals surface area (Å²) in [4.78, 5) is 30.1. The number of esters is 1. The van der Waals surface area contributed by atoms with E-state index < -0.39 is 30.0 Å². The Bertz CT molecular complexity index is 1520. The summed E-state index contributed by atoms with van der Waals surface area (Å²) in [6, 6.07) is 3.84. The first-order chi connectivity index (χ1) is 25.8. The average molecular weight is 1420 g/mol. The summed E-state index contributed by atoms with van der Waals surface area (Å²) in [5, 5.41) is 21.4. The molecule has 7 nitrogen and oxygen atoms in total. The van der Waals surface area contributed by atoms with E-state index in [1.54, 1.807) is 0 Å². The fourth-order valence-corrected chi connectivity index (χ4v) is 14.6. The lowest BCUT2D eigenvalue weighted by atomic mass is 9.63. The number of ether oxygens (including phenoxy) is 1. The molecule has 2 aromatic rings. The van der Waals surface area contributed by atoms with Crippen molar-refractivity contribution in [3.63, 3.8) is 0 Å². The number of carbonyl (C=O) groups excluding carboxylic acids is 2. The van der Waals surface area contributed by atoms with Gasteiger partial charge in [-0.3, -0.25) is 9.59 Å². The Hall–Kier alpha value is 1.22. The number of anilines is 2. The van der Waals surface area contributed by atoms with Gasteiger partial charge in [-0.05, 0) is 198 Å². The highest BCUT2D eigenvalue weighted by Gasteiger charge is 2.55. The van der Waals surface area contributed by atoms with E-state index >= 15 is 9.59 Å². The third-order valence-corrected chi connectivity index (χ3v) is 15.6. The van der Waals surface area contributed by atoms with Gasteiger partial charge in [0, 0.05) is 26.6 Å². The first kappa shape index (κ1) is 51.4. The minimum Gasteiger partial charge on any atom is -0.423 e. The van der Waals surface area contributed by atoms with Crippen LogP contribution in [0.25, 0.3) is 0 Å². The van der Waals surface area contributed by atoms with Crippen LogP contribution in [0.2, 0.25) is 0 Å². The largest absolute Gasteiger partial charge is 0.423 e. The molecule has 0 saturated heterocycles. The third-order valence-electron chi connectivity index (χ3n) is 9.93. The molecule has 0 aliphatic rings. The molecule has 54 heavy (non-hydrogen) atoms. The normalized spacial score (nSPS) is 14.0. The Balaban J connectivity index is 2.44. The third kappa shape index (κ3) is 15.7. The highest BCUT2D eigenvalue weighted by molar-refractivity contribution is 14.1. The van der Waals surface area contributed by atoms with Gasteiger partial charge in [0.15, 0.2) is 11.5 Å². The highest BCUT2D eigenvalue weighted by atomic mass is 127. The van der Waals surface area contributed by atoms with Crippen LogP contribution >= 0.6 is 136 Å². The summed E-state index contributed by atoms with van der Waals surface area (Å²) < 4.78 is 11.0. The zero-order valence-corrected chi connectivity index (χ0v) is 44.6. The second kappa shape index (κ2) is 27.9. The van der Waals surface area contributed by atoms with Gasteiger partial charge in [-0.1, -0.05) is 96.6 Å². The Labute approximate surface area is 406 Å². The van der Waals surface area contributed by atoms with Crippen LogP contribution < -0.4 is 16.2 Å². The minimum atomic E-state index is -1.79. The molecule has 0 spiro atoms. The fourth-order valence-electron chi connectivity index (χ4n) is 6.85. The summed E-state index contributed by atoms with van der Waals surface area (Å²) >= 11 is 13.1. The number of aliphatic hydroxyl groups excluding tert-OH is 2. The van der Waals surface area contributed by atoms with Crippen LogP contribution in [0.3, 0.4) is 0 Å². The van der Waals surface area contributed by atoms with E-state index in [1.165, 1.54) is 38.5 Å². The maximum Gasteiger partial charge on any atom is 0.325 e. The van der Waals surface area contributed by atoms with Gasteiger partial charge in [0.25, 0.3) is 0 Å². The van der Waals surface area contributed by atoms with Gasteiger partial charge in [0.1, 0.15) is 5.41 Å². The second-order valence-electron chi connectivity index (χ2n) is 14.1. The Kier molecular flexibility index (Phi) is 26.5. The summed E-state index contributed by atoms with van der Waals surface area (Å²) in [5.41, 5.74) is 13.1. The van der Waals surface area contributed by atoms with Gasteiger partial charge in [-0.25, -0.2) is 0 Å². The quantitative estimate of drug-likeness (QED) is 0.0133. The van der Waals surface area contributed by atoms with Gasteiger partial charge < -0.3 is 26.4 Å². The number of halogens is 6. The molecule has 2 rings (SSSR count). The van der Waals surface area contributed by atoms with Crippen LogP contribution in [-0.4, -0.2) is 34.7 Å². The van der Waals surface area contributed by atoms with Crippen LogP contribution in [-0.2, 0) is 9.59 Å². The van der Waals surface area contributed by atoms with Crippen LogP contribution in [0.15, 0.2) is 24.3 Å². The van der Waals surface area contributed by atoms with Crippen molar-refractivity contribution in [2.45, 2.75) is 148 Å². The highest BCUT2D eigenvalue weighted by Crippen LogP contribution is 2.51. The van der Waals surface area contributed by atoms with Crippen molar-refractivity contribution in [2.24, 2.45) is 5.41 Å². The topological polar surface area (TPSA) is 136 Å². The van der Waals surface area contributed by atoms with Crippen molar-refractivity contribution in [1.29, 1.82) is 0 Å². The average Bonchev–Trinajstić information content (AvgIpc) is 3.14. The zero-order valence-electron chi connectivity index (χ0n) is 31.6. The van der Waals surface area contributed by atoms with Gasteiger partial charge in [0.05, 0.1) is 31.2 Å². The van der Waals surface area contributed by atoms with Crippen molar-refractivity contribution in [3.8, 4) is 5.75 Å². The van der Waals surface area contributed by atoms with Crippen molar-refractivity contribution in [3.05, 3.63) is 51.3 Å².